The molecular weight excluding hydrogens is 366 g/mol. The number of fused-ring (bicyclic) bond motifs is 1. The number of carbonyl (C=O) groups is 2. The Morgan fingerprint density at radius 1 is 1.14 bits per heavy atom. The van der Waals surface area contributed by atoms with Gasteiger partial charge in [-0.3, -0.25) is 10.6 Å². The summed E-state index contributed by atoms with van der Waals surface area (Å²) in [6.07, 6.45) is -0.835. The third-order valence-electron chi connectivity index (χ3n) is 3.45. The van der Waals surface area contributed by atoms with Gasteiger partial charge in [-0.15, -0.1) is 0 Å². The molecule has 0 aliphatic carbocycles. The van der Waals surface area contributed by atoms with Crippen molar-refractivity contribution >= 4 is 29.4 Å². The normalized spacial score (nSPS) is 14.9. The maximum absolute atomic E-state index is 11.8. The molecule has 0 saturated carbocycles. The standard InChI is InChI=1S/C18H21N5O5/c1-18(2,3)28-17(26)20-10-4-6-11(7-5-10)27-12-8-13-14(19-9-12)22-15(21-13)23-16(24)25/h4-9,15,21,23H,1-3H3,(H,19,22)(H,20,26)(H,24,25). The van der Waals surface area contributed by atoms with E-state index < -0.39 is 24.1 Å². The Morgan fingerprint density at radius 2 is 1.86 bits per heavy atom. The average Bonchev–Trinajstić information content (AvgIpc) is 2.95. The van der Waals surface area contributed by atoms with Crippen LogP contribution in [0, 0.1) is 0 Å². The van der Waals surface area contributed by atoms with E-state index in [9.17, 15) is 9.59 Å². The van der Waals surface area contributed by atoms with Gasteiger partial charge in [0, 0.05) is 11.8 Å². The molecule has 1 aliphatic rings. The van der Waals surface area contributed by atoms with E-state index in [4.69, 9.17) is 14.6 Å². The number of carbonyl (C=O) groups excluding carboxylic acids is 1. The molecule has 3 rings (SSSR count). The fourth-order valence-corrected chi connectivity index (χ4v) is 2.41. The minimum Gasteiger partial charge on any atom is -0.465 e. The van der Waals surface area contributed by atoms with Crippen LogP contribution in [0.4, 0.5) is 26.8 Å². The van der Waals surface area contributed by atoms with Gasteiger partial charge in [0.15, 0.2) is 12.1 Å². The van der Waals surface area contributed by atoms with Crippen LogP contribution in [0.2, 0.25) is 0 Å². The van der Waals surface area contributed by atoms with Crippen LogP contribution in [-0.2, 0) is 4.74 Å². The summed E-state index contributed by atoms with van der Waals surface area (Å²) < 4.78 is 10.9. The van der Waals surface area contributed by atoms with Gasteiger partial charge in [-0.1, -0.05) is 0 Å². The number of hydrogen-bond acceptors (Lipinski definition) is 7. The van der Waals surface area contributed by atoms with Crippen molar-refractivity contribution in [3.63, 3.8) is 0 Å². The molecule has 0 radical (unpaired) electrons. The Kier molecular flexibility index (Phi) is 5.12. The molecule has 0 bridgehead atoms. The molecule has 0 saturated heterocycles. The van der Waals surface area contributed by atoms with Crippen LogP contribution in [-0.4, -0.2) is 34.2 Å². The minimum absolute atomic E-state index is 0.469. The zero-order chi connectivity index (χ0) is 20.3. The highest BCUT2D eigenvalue weighted by atomic mass is 16.6. The predicted octanol–water partition coefficient (Wildman–Crippen LogP) is 3.61. The lowest BCUT2D eigenvalue weighted by Crippen LogP contribution is -2.42. The Balaban J connectivity index is 1.60. The van der Waals surface area contributed by atoms with Crippen molar-refractivity contribution in [2.45, 2.75) is 32.7 Å². The third-order valence-corrected chi connectivity index (χ3v) is 3.45. The van der Waals surface area contributed by atoms with Gasteiger partial charge < -0.3 is 25.2 Å². The second-order valence-corrected chi connectivity index (χ2v) is 6.99. The number of carboxylic acid groups (broad SMARTS) is 1. The van der Waals surface area contributed by atoms with Gasteiger partial charge in [-0.05, 0) is 45.0 Å². The van der Waals surface area contributed by atoms with Crippen LogP contribution >= 0.6 is 0 Å². The highest BCUT2D eigenvalue weighted by Crippen LogP contribution is 2.31. The SMILES string of the molecule is CC(C)(C)OC(=O)Nc1ccc(Oc2cnc3c(c2)NC(NC(=O)O)N3)cc1. The molecule has 10 nitrogen and oxygen atoms in total. The van der Waals surface area contributed by atoms with Gasteiger partial charge in [0.05, 0.1) is 11.9 Å². The van der Waals surface area contributed by atoms with E-state index in [1.165, 1.54) is 6.20 Å². The highest BCUT2D eigenvalue weighted by molar-refractivity contribution is 5.84. The van der Waals surface area contributed by atoms with Gasteiger partial charge in [-0.2, -0.15) is 0 Å². The molecule has 5 N–H and O–H groups in total. The lowest BCUT2D eigenvalue weighted by molar-refractivity contribution is 0.0636. The van der Waals surface area contributed by atoms with E-state index in [1.807, 2.05) is 0 Å². The van der Waals surface area contributed by atoms with E-state index in [2.05, 4.69) is 26.3 Å². The zero-order valence-corrected chi connectivity index (χ0v) is 15.6. The quantitative estimate of drug-likeness (QED) is 0.537. The van der Waals surface area contributed by atoms with Gasteiger partial charge in [0.1, 0.15) is 17.1 Å². The molecule has 2 heterocycles. The molecule has 0 spiro atoms. The van der Waals surface area contributed by atoms with Crippen LogP contribution in [0.15, 0.2) is 36.5 Å². The molecule has 1 aromatic carbocycles. The van der Waals surface area contributed by atoms with E-state index in [0.29, 0.717) is 28.7 Å². The smallest absolute Gasteiger partial charge is 0.412 e. The molecule has 2 aromatic rings. The molecule has 28 heavy (non-hydrogen) atoms. The van der Waals surface area contributed by atoms with Crippen molar-refractivity contribution in [2.75, 3.05) is 16.0 Å². The number of nitrogens with zero attached hydrogens (tertiary/aromatic N) is 1. The number of hydrogen-bond donors (Lipinski definition) is 5. The van der Waals surface area contributed by atoms with Crippen LogP contribution in [0.25, 0.3) is 0 Å². The largest absolute Gasteiger partial charge is 0.465 e. The average molecular weight is 387 g/mol. The molecule has 1 aromatic heterocycles. The topological polar surface area (TPSA) is 134 Å². The van der Waals surface area contributed by atoms with E-state index in [0.717, 1.165) is 0 Å². The molecule has 0 fully saturated rings. The molecule has 1 atom stereocenters. The number of amides is 2. The highest BCUT2D eigenvalue weighted by Gasteiger charge is 2.22. The first-order chi connectivity index (χ1) is 13.2. The summed E-state index contributed by atoms with van der Waals surface area (Å²) in [5.74, 6) is 1.53. The number of pyridine rings is 1. The van der Waals surface area contributed by atoms with Gasteiger partial charge >= 0.3 is 12.2 Å². The van der Waals surface area contributed by atoms with Crippen molar-refractivity contribution in [1.82, 2.24) is 10.3 Å². The summed E-state index contributed by atoms with van der Waals surface area (Å²) in [6, 6.07) is 8.46. The van der Waals surface area contributed by atoms with Crippen LogP contribution < -0.4 is 26.0 Å². The predicted molar refractivity (Wildman–Crippen MR) is 103 cm³/mol. The van der Waals surface area contributed by atoms with Crippen LogP contribution in [0.3, 0.4) is 0 Å². The number of nitrogens with one attached hydrogen (secondary N) is 4. The Morgan fingerprint density at radius 3 is 2.50 bits per heavy atom. The Bertz CT molecular complexity index is 879. The lowest BCUT2D eigenvalue weighted by Gasteiger charge is -2.19. The van der Waals surface area contributed by atoms with Crippen molar-refractivity contribution in [3.8, 4) is 11.5 Å². The molecule has 1 unspecified atom stereocenters. The van der Waals surface area contributed by atoms with E-state index in [1.54, 1.807) is 51.1 Å². The van der Waals surface area contributed by atoms with Crippen molar-refractivity contribution in [2.24, 2.45) is 0 Å². The first kappa shape index (κ1) is 19.1. The summed E-state index contributed by atoms with van der Waals surface area (Å²) in [6.45, 7) is 5.37. The first-order valence-electron chi connectivity index (χ1n) is 8.48. The second kappa shape index (κ2) is 7.51. The van der Waals surface area contributed by atoms with E-state index in [-0.39, 0.29) is 0 Å². The maximum Gasteiger partial charge on any atom is 0.412 e. The summed E-state index contributed by atoms with van der Waals surface area (Å²) >= 11 is 0. The lowest BCUT2D eigenvalue weighted by atomic mass is 10.2. The maximum atomic E-state index is 11.8. The molecule has 1 aliphatic heterocycles. The number of benzene rings is 1. The number of anilines is 3. The molecule has 10 heteroatoms. The van der Waals surface area contributed by atoms with Gasteiger partial charge in [-0.25, -0.2) is 14.6 Å². The van der Waals surface area contributed by atoms with Gasteiger partial charge in [0.25, 0.3) is 0 Å². The summed E-state index contributed by atoms with van der Waals surface area (Å²) in [7, 11) is 0. The fraction of sp³-hybridized carbons (Fsp3) is 0.278. The fourth-order valence-electron chi connectivity index (χ4n) is 2.41. The molecular formula is C18H21N5O5. The number of aromatic nitrogens is 1. The first-order valence-corrected chi connectivity index (χ1v) is 8.48. The number of ether oxygens (including phenoxy) is 2. The summed E-state index contributed by atoms with van der Waals surface area (Å²) in [4.78, 5) is 26.7. The monoisotopic (exact) mass is 387 g/mol. The van der Waals surface area contributed by atoms with E-state index >= 15 is 0 Å². The van der Waals surface area contributed by atoms with Crippen molar-refractivity contribution < 1.29 is 24.2 Å². The minimum atomic E-state index is -1.16. The van der Waals surface area contributed by atoms with Gasteiger partial charge in [0.2, 0.25) is 0 Å². The molecule has 2 amide bonds. The Hall–Kier alpha value is -3.69. The third kappa shape index (κ3) is 5.16. The summed E-state index contributed by atoms with van der Waals surface area (Å²) in [5.41, 5.74) is 0.608. The second-order valence-electron chi connectivity index (χ2n) is 6.99. The van der Waals surface area contributed by atoms with Crippen molar-refractivity contribution in [3.05, 3.63) is 36.5 Å². The molecule has 148 valence electrons. The summed E-state index contributed by atoms with van der Waals surface area (Å²) in [5, 5.41) is 19.5. The van der Waals surface area contributed by atoms with Crippen LogP contribution in [0.5, 0.6) is 11.5 Å². The van der Waals surface area contributed by atoms with Crippen molar-refractivity contribution in [1.29, 1.82) is 0 Å². The van der Waals surface area contributed by atoms with Crippen LogP contribution in [0.1, 0.15) is 20.8 Å². The Labute approximate surface area is 161 Å². The zero-order valence-electron chi connectivity index (χ0n) is 15.6. The number of rotatable bonds is 4.